The van der Waals surface area contributed by atoms with Gasteiger partial charge >= 0.3 is 6.03 Å². The first-order valence-corrected chi connectivity index (χ1v) is 6.75. The number of hydrogen-bond acceptors (Lipinski definition) is 3. The van der Waals surface area contributed by atoms with Crippen molar-refractivity contribution in [1.29, 1.82) is 0 Å². The summed E-state index contributed by atoms with van der Waals surface area (Å²) in [5, 5.41) is 14.9. The SMILES string of the molecule is COCCC1(CNC(=O)NCC2(CO)CC2)CC1. The maximum Gasteiger partial charge on any atom is 0.314 e. The Morgan fingerprint density at radius 2 is 1.72 bits per heavy atom. The van der Waals surface area contributed by atoms with E-state index in [0.29, 0.717) is 6.54 Å². The van der Waals surface area contributed by atoms with E-state index in [2.05, 4.69) is 10.6 Å². The van der Waals surface area contributed by atoms with Gasteiger partial charge in [0.05, 0.1) is 6.61 Å². The molecule has 2 aliphatic carbocycles. The van der Waals surface area contributed by atoms with Crippen LogP contribution in [0.15, 0.2) is 0 Å². The second-order valence-electron chi connectivity index (χ2n) is 5.94. The molecule has 0 aromatic carbocycles. The van der Waals surface area contributed by atoms with E-state index >= 15 is 0 Å². The third-order valence-electron chi connectivity index (χ3n) is 4.33. The van der Waals surface area contributed by atoms with Gasteiger partial charge in [0.15, 0.2) is 0 Å². The summed E-state index contributed by atoms with van der Waals surface area (Å²) in [4.78, 5) is 11.6. The predicted octanol–water partition coefficient (Wildman–Crippen LogP) is 0.875. The van der Waals surface area contributed by atoms with Crippen LogP contribution < -0.4 is 10.6 Å². The molecular weight excluding hydrogens is 232 g/mol. The normalized spacial score (nSPS) is 22.3. The summed E-state index contributed by atoms with van der Waals surface area (Å²) in [5.74, 6) is 0. The van der Waals surface area contributed by atoms with E-state index in [-0.39, 0.29) is 23.5 Å². The highest BCUT2D eigenvalue weighted by Crippen LogP contribution is 2.48. The molecule has 0 heterocycles. The quantitative estimate of drug-likeness (QED) is 0.603. The van der Waals surface area contributed by atoms with Crippen LogP contribution in [0.4, 0.5) is 4.79 Å². The van der Waals surface area contributed by atoms with Gasteiger partial charge in [-0.2, -0.15) is 0 Å². The summed E-state index contributed by atoms with van der Waals surface area (Å²) < 4.78 is 5.08. The van der Waals surface area contributed by atoms with Crippen molar-refractivity contribution in [3.63, 3.8) is 0 Å². The van der Waals surface area contributed by atoms with Gasteiger partial charge in [-0.3, -0.25) is 0 Å². The van der Waals surface area contributed by atoms with Gasteiger partial charge in [0.2, 0.25) is 0 Å². The van der Waals surface area contributed by atoms with E-state index in [4.69, 9.17) is 9.84 Å². The van der Waals surface area contributed by atoms with Gasteiger partial charge in [0, 0.05) is 32.2 Å². The highest BCUT2D eigenvalue weighted by atomic mass is 16.5. The standard InChI is InChI=1S/C13H24N2O3/c1-18-7-6-12(2-3-12)8-14-11(17)15-9-13(10-16)4-5-13/h16H,2-10H2,1H3,(H2,14,15,17). The second-order valence-corrected chi connectivity index (χ2v) is 5.94. The minimum atomic E-state index is -0.113. The van der Waals surface area contributed by atoms with Gasteiger partial charge in [-0.15, -0.1) is 0 Å². The molecule has 0 aromatic heterocycles. The van der Waals surface area contributed by atoms with Crippen LogP contribution in [0.25, 0.3) is 0 Å². The molecule has 0 aromatic rings. The van der Waals surface area contributed by atoms with Gasteiger partial charge in [-0.25, -0.2) is 4.79 Å². The molecule has 2 fully saturated rings. The number of aliphatic hydroxyl groups excluding tert-OH is 1. The van der Waals surface area contributed by atoms with Crippen LogP contribution in [-0.4, -0.2) is 44.6 Å². The summed E-state index contributed by atoms with van der Waals surface area (Å²) in [6.07, 6.45) is 5.40. The summed E-state index contributed by atoms with van der Waals surface area (Å²) in [7, 11) is 1.71. The van der Waals surface area contributed by atoms with Crippen molar-refractivity contribution in [2.75, 3.05) is 33.4 Å². The van der Waals surface area contributed by atoms with Crippen molar-refractivity contribution in [2.24, 2.45) is 10.8 Å². The number of rotatable bonds is 8. The zero-order chi connectivity index (χ0) is 13.1. The van der Waals surface area contributed by atoms with Crippen LogP contribution in [0.3, 0.4) is 0 Å². The number of amides is 2. The van der Waals surface area contributed by atoms with E-state index in [1.54, 1.807) is 7.11 Å². The maximum absolute atomic E-state index is 11.6. The zero-order valence-corrected chi connectivity index (χ0v) is 11.1. The average Bonchev–Trinajstić information content (AvgIpc) is 3.28. The molecule has 0 radical (unpaired) electrons. The highest BCUT2D eigenvalue weighted by Gasteiger charge is 2.43. The minimum absolute atomic E-state index is 0.0232. The van der Waals surface area contributed by atoms with Crippen molar-refractivity contribution in [2.45, 2.75) is 32.1 Å². The number of aliphatic hydroxyl groups is 1. The summed E-state index contributed by atoms with van der Waals surface area (Å²) in [5.41, 5.74) is 0.256. The molecule has 2 amide bonds. The molecular formula is C13H24N2O3. The lowest BCUT2D eigenvalue weighted by Gasteiger charge is -2.17. The van der Waals surface area contributed by atoms with Gasteiger partial charge < -0.3 is 20.5 Å². The number of carbonyl (C=O) groups excluding carboxylic acids is 1. The molecule has 3 N–H and O–H groups in total. The molecule has 0 unspecified atom stereocenters. The lowest BCUT2D eigenvalue weighted by atomic mass is 10.0. The Balaban J connectivity index is 1.60. The monoisotopic (exact) mass is 256 g/mol. The third kappa shape index (κ3) is 3.59. The summed E-state index contributed by atoms with van der Waals surface area (Å²) >= 11 is 0. The fourth-order valence-corrected chi connectivity index (χ4v) is 2.18. The summed E-state index contributed by atoms with van der Waals surface area (Å²) in [6.45, 7) is 2.25. The van der Waals surface area contributed by atoms with Crippen LogP contribution >= 0.6 is 0 Å². The van der Waals surface area contributed by atoms with Gasteiger partial charge in [-0.05, 0) is 37.5 Å². The van der Waals surface area contributed by atoms with Crippen LogP contribution in [-0.2, 0) is 4.74 Å². The lowest BCUT2D eigenvalue weighted by Crippen LogP contribution is -2.42. The molecule has 104 valence electrons. The van der Waals surface area contributed by atoms with E-state index in [9.17, 15) is 4.79 Å². The Morgan fingerprint density at radius 3 is 2.17 bits per heavy atom. The summed E-state index contributed by atoms with van der Waals surface area (Å²) in [6, 6.07) is -0.113. The first kappa shape index (κ1) is 13.6. The highest BCUT2D eigenvalue weighted by molar-refractivity contribution is 5.74. The molecule has 0 aliphatic heterocycles. The van der Waals surface area contributed by atoms with Crippen LogP contribution in [0.2, 0.25) is 0 Å². The molecule has 2 aliphatic rings. The average molecular weight is 256 g/mol. The van der Waals surface area contributed by atoms with E-state index in [1.807, 2.05) is 0 Å². The Bertz CT molecular complexity index is 299. The largest absolute Gasteiger partial charge is 0.396 e. The second kappa shape index (κ2) is 5.45. The first-order valence-electron chi connectivity index (χ1n) is 6.75. The molecule has 5 nitrogen and oxygen atoms in total. The molecule has 0 saturated heterocycles. The number of ether oxygens (including phenoxy) is 1. The Kier molecular flexibility index (Phi) is 4.12. The molecule has 18 heavy (non-hydrogen) atoms. The van der Waals surface area contributed by atoms with Crippen molar-refractivity contribution in [1.82, 2.24) is 10.6 Å². The molecule has 2 saturated carbocycles. The van der Waals surface area contributed by atoms with Crippen LogP contribution in [0, 0.1) is 10.8 Å². The van der Waals surface area contributed by atoms with Gasteiger partial charge in [-0.1, -0.05) is 0 Å². The molecule has 0 spiro atoms. The molecule has 0 atom stereocenters. The third-order valence-corrected chi connectivity index (χ3v) is 4.33. The number of hydrogen-bond donors (Lipinski definition) is 3. The van der Waals surface area contributed by atoms with Crippen LogP contribution in [0.1, 0.15) is 32.1 Å². The number of carbonyl (C=O) groups is 1. The Labute approximate surface area is 108 Å². The van der Waals surface area contributed by atoms with Gasteiger partial charge in [0.25, 0.3) is 0 Å². The first-order chi connectivity index (χ1) is 8.64. The zero-order valence-electron chi connectivity index (χ0n) is 11.1. The van der Waals surface area contributed by atoms with Crippen LogP contribution in [0.5, 0.6) is 0 Å². The lowest BCUT2D eigenvalue weighted by molar-refractivity contribution is 0.170. The van der Waals surface area contributed by atoms with E-state index in [0.717, 1.165) is 32.4 Å². The molecule has 0 bridgehead atoms. The van der Waals surface area contributed by atoms with E-state index in [1.165, 1.54) is 12.8 Å². The minimum Gasteiger partial charge on any atom is -0.396 e. The molecule has 5 heteroatoms. The number of nitrogens with one attached hydrogen (secondary N) is 2. The maximum atomic E-state index is 11.6. The number of methoxy groups -OCH3 is 1. The predicted molar refractivity (Wildman–Crippen MR) is 68.3 cm³/mol. The van der Waals surface area contributed by atoms with Crippen molar-refractivity contribution in [3.8, 4) is 0 Å². The topological polar surface area (TPSA) is 70.6 Å². The van der Waals surface area contributed by atoms with Crippen molar-refractivity contribution >= 4 is 6.03 Å². The van der Waals surface area contributed by atoms with Crippen molar-refractivity contribution in [3.05, 3.63) is 0 Å². The fraction of sp³-hybridized carbons (Fsp3) is 0.923. The van der Waals surface area contributed by atoms with Crippen molar-refractivity contribution < 1.29 is 14.6 Å². The smallest absolute Gasteiger partial charge is 0.314 e. The van der Waals surface area contributed by atoms with E-state index < -0.39 is 0 Å². The Hall–Kier alpha value is -0.810. The Morgan fingerprint density at radius 1 is 1.17 bits per heavy atom. The fourth-order valence-electron chi connectivity index (χ4n) is 2.18. The number of urea groups is 1. The molecule has 2 rings (SSSR count). The van der Waals surface area contributed by atoms with Gasteiger partial charge in [0.1, 0.15) is 0 Å².